The van der Waals surface area contributed by atoms with E-state index in [1.807, 2.05) is 0 Å². The first-order valence-corrected chi connectivity index (χ1v) is 6.22. The second-order valence-corrected chi connectivity index (χ2v) is 3.97. The van der Waals surface area contributed by atoms with Crippen molar-refractivity contribution in [3.63, 3.8) is 0 Å². The summed E-state index contributed by atoms with van der Waals surface area (Å²) in [4.78, 5) is 30.6. The Morgan fingerprint density at radius 1 is 0.864 bits per heavy atom. The predicted octanol–water partition coefficient (Wildman–Crippen LogP) is 0.0770. The van der Waals surface area contributed by atoms with Gasteiger partial charge in [0.2, 0.25) is 0 Å². The normalized spacial score (nSPS) is 10.7. The Hall–Kier alpha value is -3.42. The molecule has 0 spiro atoms. The van der Waals surface area contributed by atoms with E-state index in [1.165, 1.54) is 12.4 Å². The van der Waals surface area contributed by atoms with Crippen LogP contribution in [0.4, 0.5) is 0 Å². The summed E-state index contributed by atoms with van der Waals surface area (Å²) in [7, 11) is 0. The maximum Gasteiger partial charge on any atom is 0.331 e. The Bertz CT molecular complexity index is 623. The minimum atomic E-state index is -0.927. The van der Waals surface area contributed by atoms with E-state index < -0.39 is 11.8 Å². The Labute approximate surface area is 126 Å². The molecule has 0 unspecified atom stereocenters. The van der Waals surface area contributed by atoms with Gasteiger partial charge in [0.15, 0.2) is 0 Å². The molecule has 2 amide bonds. The molecule has 0 aliphatic heterocycles. The molecule has 2 aromatic heterocycles. The number of rotatable bonds is 4. The molecule has 2 rings (SSSR count). The zero-order valence-corrected chi connectivity index (χ0v) is 11.4. The first-order chi connectivity index (χ1) is 10.8. The van der Waals surface area contributed by atoms with Gasteiger partial charge in [0.25, 0.3) is 0 Å². The summed E-state index contributed by atoms with van der Waals surface area (Å²) in [5, 5.41) is 7.28. The van der Waals surface area contributed by atoms with Gasteiger partial charge < -0.3 is 0 Å². The van der Waals surface area contributed by atoms with Crippen molar-refractivity contribution in [1.82, 2.24) is 20.8 Å². The third-order valence-corrected chi connectivity index (χ3v) is 2.33. The fourth-order valence-electron chi connectivity index (χ4n) is 1.34. The van der Waals surface area contributed by atoms with E-state index in [9.17, 15) is 9.59 Å². The predicted molar refractivity (Wildman–Crippen MR) is 79.9 cm³/mol. The van der Waals surface area contributed by atoms with Crippen LogP contribution in [0.1, 0.15) is 11.1 Å². The fourth-order valence-corrected chi connectivity index (χ4v) is 1.34. The quantitative estimate of drug-likeness (QED) is 0.473. The minimum Gasteiger partial charge on any atom is -0.264 e. The first-order valence-electron chi connectivity index (χ1n) is 6.22. The molecule has 0 aliphatic rings. The van der Waals surface area contributed by atoms with Gasteiger partial charge in [-0.15, -0.1) is 0 Å². The molecular formula is C14H12N6O2. The van der Waals surface area contributed by atoms with Crippen molar-refractivity contribution < 1.29 is 9.59 Å². The highest BCUT2D eigenvalue weighted by molar-refractivity contribution is 6.35. The van der Waals surface area contributed by atoms with E-state index in [0.717, 1.165) is 0 Å². The van der Waals surface area contributed by atoms with Crippen LogP contribution in [0.2, 0.25) is 0 Å². The summed E-state index contributed by atoms with van der Waals surface area (Å²) < 4.78 is 0. The SMILES string of the molecule is O=C(N/N=C/c1cccnc1)C(=O)N/N=C/c1cccnc1. The topological polar surface area (TPSA) is 109 Å². The van der Waals surface area contributed by atoms with Crippen molar-refractivity contribution in [1.29, 1.82) is 0 Å². The fraction of sp³-hybridized carbons (Fsp3) is 0. The number of hydrazone groups is 2. The molecular weight excluding hydrogens is 284 g/mol. The molecule has 0 saturated carbocycles. The molecule has 0 saturated heterocycles. The van der Waals surface area contributed by atoms with Crippen molar-refractivity contribution in [3.8, 4) is 0 Å². The largest absolute Gasteiger partial charge is 0.331 e. The van der Waals surface area contributed by atoms with Crippen molar-refractivity contribution in [3.05, 3.63) is 60.2 Å². The standard InChI is InChI=1S/C14H12N6O2/c21-13(19-17-9-11-3-1-5-15-7-11)14(22)20-18-10-12-4-2-6-16-8-12/h1-10H,(H,19,21)(H,20,22)/b17-9+,18-10+. The second-order valence-electron chi connectivity index (χ2n) is 3.97. The molecule has 8 nitrogen and oxygen atoms in total. The highest BCUT2D eigenvalue weighted by atomic mass is 16.2. The van der Waals surface area contributed by atoms with E-state index in [1.54, 1.807) is 49.1 Å². The zero-order chi connectivity index (χ0) is 15.6. The number of amides is 2. The Balaban J connectivity index is 1.79. The summed E-state index contributed by atoms with van der Waals surface area (Å²) in [5.74, 6) is -1.85. The lowest BCUT2D eigenvalue weighted by molar-refractivity contribution is -0.139. The van der Waals surface area contributed by atoms with E-state index in [-0.39, 0.29) is 0 Å². The lowest BCUT2D eigenvalue weighted by Gasteiger charge is -1.98. The molecule has 2 aromatic rings. The van der Waals surface area contributed by atoms with Crippen LogP contribution >= 0.6 is 0 Å². The summed E-state index contributed by atoms with van der Waals surface area (Å²) in [6.45, 7) is 0. The van der Waals surface area contributed by atoms with E-state index in [4.69, 9.17) is 0 Å². The van der Waals surface area contributed by atoms with Gasteiger partial charge in [-0.3, -0.25) is 19.6 Å². The maximum atomic E-state index is 11.4. The van der Waals surface area contributed by atoms with Crippen LogP contribution in [0.25, 0.3) is 0 Å². The summed E-state index contributed by atoms with van der Waals surface area (Å²) in [6.07, 6.45) is 9.10. The van der Waals surface area contributed by atoms with Gasteiger partial charge in [0.1, 0.15) is 0 Å². The van der Waals surface area contributed by atoms with E-state index in [2.05, 4.69) is 31.0 Å². The third-order valence-electron chi connectivity index (χ3n) is 2.33. The monoisotopic (exact) mass is 296 g/mol. The molecule has 0 aliphatic carbocycles. The lowest BCUT2D eigenvalue weighted by Crippen LogP contribution is -2.35. The lowest BCUT2D eigenvalue weighted by atomic mass is 10.3. The third kappa shape index (κ3) is 4.93. The van der Waals surface area contributed by atoms with Crippen LogP contribution in [0.15, 0.2) is 59.3 Å². The van der Waals surface area contributed by atoms with Gasteiger partial charge in [-0.2, -0.15) is 10.2 Å². The molecule has 2 heterocycles. The first kappa shape index (κ1) is 15.0. The van der Waals surface area contributed by atoms with Crippen molar-refractivity contribution >= 4 is 24.2 Å². The van der Waals surface area contributed by atoms with Crippen LogP contribution < -0.4 is 10.9 Å². The number of hydrogen-bond donors (Lipinski definition) is 2. The molecule has 0 aromatic carbocycles. The van der Waals surface area contributed by atoms with Gasteiger partial charge in [0.05, 0.1) is 12.4 Å². The van der Waals surface area contributed by atoms with Gasteiger partial charge in [-0.1, -0.05) is 12.1 Å². The number of nitrogens with zero attached hydrogens (tertiary/aromatic N) is 4. The van der Waals surface area contributed by atoms with Crippen molar-refractivity contribution in [2.24, 2.45) is 10.2 Å². The molecule has 110 valence electrons. The van der Waals surface area contributed by atoms with Crippen LogP contribution in [0, 0.1) is 0 Å². The number of hydrogen-bond acceptors (Lipinski definition) is 6. The zero-order valence-electron chi connectivity index (χ0n) is 11.4. The number of pyridine rings is 2. The van der Waals surface area contributed by atoms with Gasteiger partial charge in [-0.05, 0) is 12.1 Å². The Morgan fingerprint density at radius 3 is 1.68 bits per heavy atom. The van der Waals surface area contributed by atoms with Gasteiger partial charge in [-0.25, -0.2) is 10.9 Å². The number of nitrogens with one attached hydrogen (secondary N) is 2. The molecule has 8 heteroatoms. The van der Waals surface area contributed by atoms with Crippen molar-refractivity contribution in [2.75, 3.05) is 0 Å². The van der Waals surface area contributed by atoms with Crippen LogP contribution in [-0.2, 0) is 9.59 Å². The van der Waals surface area contributed by atoms with E-state index in [0.29, 0.717) is 11.1 Å². The molecule has 0 bridgehead atoms. The second kappa shape index (κ2) is 8.00. The van der Waals surface area contributed by atoms with Crippen LogP contribution in [0.5, 0.6) is 0 Å². The molecule has 2 N–H and O–H groups in total. The summed E-state index contributed by atoms with van der Waals surface area (Å²) in [5.41, 5.74) is 5.55. The highest BCUT2D eigenvalue weighted by Crippen LogP contribution is 1.90. The van der Waals surface area contributed by atoms with Crippen LogP contribution in [0.3, 0.4) is 0 Å². The van der Waals surface area contributed by atoms with Crippen LogP contribution in [-0.4, -0.2) is 34.2 Å². The summed E-state index contributed by atoms with van der Waals surface area (Å²) >= 11 is 0. The molecule has 22 heavy (non-hydrogen) atoms. The molecule has 0 atom stereocenters. The minimum absolute atomic E-state index is 0.692. The average molecular weight is 296 g/mol. The smallest absolute Gasteiger partial charge is 0.264 e. The van der Waals surface area contributed by atoms with Crippen molar-refractivity contribution in [2.45, 2.75) is 0 Å². The van der Waals surface area contributed by atoms with E-state index >= 15 is 0 Å². The Kier molecular flexibility index (Phi) is 5.45. The van der Waals surface area contributed by atoms with Gasteiger partial charge >= 0.3 is 11.8 Å². The number of carbonyl (C=O) groups excluding carboxylic acids is 2. The maximum absolute atomic E-state index is 11.4. The number of carbonyl (C=O) groups is 2. The van der Waals surface area contributed by atoms with Gasteiger partial charge in [0, 0.05) is 35.9 Å². The molecule has 0 radical (unpaired) electrons. The number of aromatic nitrogens is 2. The highest BCUT2D eigenvalue weighted by Gasteiger charge is 2.10. The Morgan fingerprint density at radius 2 is 1.32 bits per heavy atom. The average Bonchev–Trinajstić information content (AvgIpc) is 2.56. The molecule has 0 fully saturated rings. The summed E-state index contributed by atoms with van der Waals surface area (Å²) in [6, 6.07) is 6.95.